The number of ketones is 1. The number of nitrogens with one attached hydrogen (secondary N) is 1. The molecule has 0 fully saturated rings. The van der Waals surface area contributed by atoms with Gasteiger partial charge in [-0.1, -0.05) is 26.0 Å². The number of carbonyl (C=O) groups is 4. The average molecular weight is 418 g/mol. The lowest BCUT2D eigenvalue weighted by Gasteiger charge is -2.18. The maximum Gasteiger partial charge on any atom is 0.328 e. The topological polar surface area (TPSA) is 98.8 Å². The highest BCUT2D eigenvalue weighted by molar-refractivity contribution is 5.98. The van der Waals surface area contributed by atoms with Crippen LogP contribution in [-0.2, 0) is 36.7 Å². The molecule has 1 aliphatic rings. The molecular weight excluding hydrogens is 386 g/mol. The summed E-state index contributed by atoms with van der Waals surface area (Å²) in [6.45, 7) is 3.33. The number of hydrogen-bond acceptors (Lipinski definition) is 6. The molecule has 1 atom stereocenters. The molecule has 2 rings (SSSR count). The van der Waals surface area contributed by atoms with Gasteiger partial charge in [0.2, 0.25) is 0 Å². The van der Waals surface area contributed by atoms with Crippen molar-refractivity contribution >= 4 is 23.6 Å². The van der Waals surface area contributed by atoms with E-state index in [2.05, 4.69) is 10.1 Å². The molecule has 0 saturated heterocycles. The lowest BCUT2D eigenvalue weighted by atomic mass is 9.89. The highest BCUT2D eigenvalue weighted by Crippen LogP contribution is 2.23. The summed E-state index contributed by atoms with van der Waals surface area (Å²) < 4.78 is 9.63. The van der Waals surface area contributed by atoms with Gasteiger partial charge in [0.15, 0.2) is 12.4 Å². The van der Waals surface area contributed by atoms with Crippen LogP contribution in [0, 0.1) is 5.92 Å². The van der Waals surface area contributed by atoms with E-state index in [0.717, 1.165) is 19.3 Å². The number of esters is 2. The van der Waals surface area contributed by atoms with E-state index < -0.39 is 30.5 Å². The fourth-order valence-corrected chi connectivity index (χ4v) is 3.55. The van der Waals surface area contributed by atoms with E-state index in [9.17, 15) is 19.2 Å². The Morgan fingerprint density at radius 3 is 2.40 bits per heavy atom. The number of methoxy groups -OCH3 is 1. The van der Waals surface area contributed by atoms with Gasteiger partial charge in [-0.05, 0) is 55.2 Å². The molecule has 1 aliphatic carbocycles. The monoisotopic (exact) mass is 417 g/mol. The molecule has 1 N–H and O–H groups in total. The Labute approximate surface area is 177 Å². The molecule has 164 valence electrons. The van der Waals surface area contributed by atoms with Gasteiger partial charge in [0.05, 0.1) is 13.5 Å². The van der Waals surface area contributed by atoms with Crippen molar-refractivity contribution in [2.75, 3.05) is 13.7 Å². The lowest BCUT2D eigenvalue weighted by Crippen LogP contribution is -2.44. The van der Waals surface area contributed by atoms with Gasteiger partial charge in [0.1, 0.15) is 6.04 Å². The van der Waals surface area contributed by atoms with Crippen LogP contribution in [0.2, 0.25) is 0 Å². The minimum Gasteiger partial charge on any atom is -0.467 e. The molecule has 0 bridgehead atoms. The van der Waals surface area contributed by atoms with Crippen LogP contribution in [-0.4, -0.2) is 43.4 Å². The number of fused-ring (bicyclic) bond motifs is 1. The van der Waals surface area contributed by atoms with Crippen LogP contribution in [0.1, 0.15) is 67.4 Å². The smallest absolute Gasteiger partial charge is 0.328 e. The van der Waals surface area contributed by atoms with E-state index in [-0.39, 0.29) is 24.5 Å². The van der Waals surface area contributed by atoms with Crippen molar-refractivity contribution in [2.24, 2.45) is 5.92 Å². The van der Waals surface area contributed by atoms with E-state index in [1.54, 1.807) is 0 Å². The zero-order valence-corrected chi connectivity index (χ0v) is 18.0. The summed E-state index contributed by atoms with van der Waals surface area (Å²) in [5, 5.41) is 2.52. The number of aryl methyl sites for hydroxylation is 2. The molecule has 0 aromatic heterocycles. The third kappa shape index (κ3) is 7.28. The van der Waals surface area contributed by atoms with Gasteiger partial charge in [-0.2, -0.15) is 0 Å². The minimum absolute atomic E-state index is 0.0252. The van der Waals surface area contributed by atoms with Crippen molar-refractivity contribution in [1.82, 2.24) is 5.32 Å². The molecule has 0 radical (unpaired) electrons. The SMILES string of the molecule is COC(=O)C(CC(C)C)NC(=O)COC(=O)CCC(=O)c1ccc2c(c1)CCCC2. The van der Waals surface area contributed by atoms with Crippen molar-refractivity contribution in [2.45, 2.75) is 64.8 Å². The summed E-state index contributed by atoms with van der Waals surface area (Å²) in [7, 11) is 1.25. The van der Waals surface area contributed by atoms with Gasteiger partial charge in [0, 0.05) is 12.0 Å². The minimum atomic E-state index is -0.785. The van der Waals surface area contributed by atoms with Crippen molar-refractivity contribution in [3.8, 4) is 0 Å². The van der Waals surface area contributed by atoms with E-state index >= 15 is 0 Å². The van der Waals surface area contributed by atoms with Crippen LogP contribution in [0.15, 0.2) is 18.2 Å². The van der Waals surface area contributed by atoms with E-state index in [4.69, 9.17) is 4.74 Å². The van der Waals surface area contributed by atoms with E-state index in [1.807, 2.05) is 32.0 Å². The summed E-state index contributed by atoms with van der Waals surface area (Å²) in [6.07, 6.45) is 4.68. The Bertz CT molecular complexity index is 786. The molecular formula is C23H31NO6. The molecule has 0 saturated carbocycles. The second kappa shape index (κ2) is 11.5. The average Bonchev–Trinajstić information content (AvgIpc) is 2.74. The molecule has 7 nitrogen and oxygen atoms in total. The van der Waals surface area contributed by atoms with Crippen LogP contribution in [0.5, 0.6) is 0 Å². The standard InChI is InChI=1S/C23H31NO6/c1-15(2)12-19(23(28)29-3)24-21(26)14-30-22(27)11-10-20(25)18-9-8-16-6-4-5-7-17(16)13-18/h8-9,13,15,19H,4-7,10-12,14H2,1-3H3,(H,24,26). The maximum absolute atomic E-state index is 12.4. The molecule has 1 aromatic carbocycles. The molecule has 0 aliphatic heterocycles. The number of Topliss-reactive ketones (excluding diaryl/α,β-unsaturated/α-hetero) is 1. The van der Waals surface area contributed by atoms with Crippen LogP contribution in [0.3, 0.4) is 0 Å². The Morgan fingerprint density at radius 1 is 1.03 bits per heavy atom. The number of amides is 1. The van der Waals surface area contributed by atoms with Gasteiger partial charge < -0.3 is 14.8 Å². The molecule has 7 heteroatoms. The Hall–Kier alpha value is -2.70. The van der Waals surface area contributed by atoms with E-state index in [1.165, 1.54) is 24.7 Å². The van der Waals surface area contributed by atoms with Crippen LogP contribution in [0.4, 0.5) is 0 Å². The Kier molecular flexibility index (Phi) is 9.02. The summed E-state index contributed by atoms with van der Waals surface area (Å²) in [6, 6.07) is 4.95. The molecule has 1 aromatic rings. The summed E-state index contributed by atoms with van der Waals surface area (Å²) in [5.41, 5.74) is 3.12. The van der Waals surface area contributed by atoms with Crippen LogP contribution >= 0.6 is 0 Å². The summed E-state index contributed by atoms with van der Waals surface area (Å²) in [5.74, 6) is -1.70. The third-order valence-corrected chi connectivity index (χ3v) is 5.12. The molecule has 30 heavy (non-hydrogen) atoms. The first-order valence-electron chi connectivity index (χ1n) is 10.5. The number of ether oxygens (including phenoxy) is 2. The van der Waals surface area contributed by atoms with Gasteiger partial charge >= 0.3 is 11.9 Å². The van der Waals surface area contributed by atoms with Crippen molar-refractivity contribution < 1.29 is 28.7 Å². The first kappa shape index (κ1) is 23.6. The molecule has 1 unspecified atom stereocenters. The Morgan fingerprint density at radius 2 is 1.73 bits per heavy atom. The highest BCUT2D eigenvalue weighted by atomic mass is 16.5. The predicted molar refractivity (Wildman–Crippen MR) is 111 cm³/mol. The van der Waals surface area contributed by atoms with Gasteiger partial charge in [-0.25, -0.2) is 4.79 Å². The number of benzene rings is 1. The quantitative estimate of drug-likeness (QED) is 0.464. The largest absolute Gasteiger partial charge is 0.467 e. The summed E-state index contributed by atoms with van der Waals surface area (Å²) in [4.78, 5) is 48.0. The highest BCUT2D eigenvalue weighted by Gasteiger charge is 2.23. The fourth-order valence-electron chi connectivity index (χ4n) is 3.55. The number of hydrogen-bond donors (Lipinski definition) is 1. The van der Waals surface area contributed by atoms with Gasteiger partial charge in [0.25, 0.3) is 5.91 Å². The second-order valence-corrected chi connectivity index (χ2v) is 8.05. The van der Waals surface area contributed by atoms with Crippen molar-refractivity contribution in [3.05, 3.63) is 34.9 Å². The molecule has 1 amide bonds. The molecule has 0 heterocycles. The Balaban J connectivity index is 1.76. The predicted octanol–water partition coefficient (Wildman–Crippen LogP) is 2.78. The summed E-state index contributed by atoms with van der Waals surface area (Å²) >= 11 is 0. The van der Waals surface area contributed by atoms with Gasteiger partial charge in [-0.3, -0.25) is 14.4 Å². The van der Waals surface area contributed by atoms with Gasteiger partial charge in [-0.15, -0.1) is 0 Å². The zero-order valence-electron chi connectivity index (χ0n) is 18.0. The van der Waals surface area contributed by atoms with Crippen LogP contribution in [0.25, 0.3) is 0 Å². The first-order valence-corrected chi connectivity index (χ1v) is 10.5. The molecule has 0 spiro atoms. The maximum atomic E-state index is 12.4. The van der Waals surface area contributed by atoms with Crippen molar-refractivity contribution in [3.63, 3.8) is 0 Å². The normalized spacial score (nSPS) is 13.9. The van der Waals surface area contributed by atoms with Crippen molar-refractivity contribution in [1.29, 1.82) is 0 Å². The zero-order chi connectivity index (χ0) is 22.1. The number of carbonyl (C=O) groups excluding carboxylic acids is 4. The lowest BCUT2D eigenvalue weighted by molar-refractivity contribution is -0.150. The number of rotatable bonds is 10. The fraction of sp³-hybridized carbons (Fsp3) is 0.565. The van der Waals surface area contributed by atoms with Crippen LogP contribution < -0.4 is 5.32 Å². The van der Waals surface area contributed by atoms with E-state index in [0.29, 0.717) is 12.0 Å². The second-order valence-electron chi connectivity index (χ2n) is 8.05. The third-order valence-electron chi connectivity index (χ3n) is 5.12. The first-order chi connectivity index (χ1) is 14.3.